The van der Waals surface area contributed by atoms with Gasteiger partial charge in [0.15, 0.2) is 5.58 Å². The second-order valence-electron chi connectivity index (χ2n) is 4.66. The molecule has 2 N–H and O–H groups in total. The molecule has 21 heavy (non-hydrogen) atoms. The molecule has 0 fully saturated rings. The third kappa shape index (κ3) is 3.20. The number of nitrogens with one attached hydrogen (secondary N) is 1. The van der Waals surface area contributed by atoms with Crippen molar-refractivity contribution in [2.75, 3.05) is 18.1 Å². The van der Waals surface area contributed by atoms with Gasteiger partial charge in [-0.3, -0.25) is 0 Å². The molecule has 0 spiro atoms. The highest BCUT2D eigenvalue weighted by atomic mass is 32.2. The van der Waals surface area contributed by atoms with Gasteiger partial charge in [-0.25, -0.2) is 0 Å². The number of aliphatic hydroxyl groups excluding tert-OH is 1. The molecule has 0 radical (unpaired) electrons. The second kappa shape index (κ2) is 6.20. The van der Waals surface area contributed by atoms with Gasteiger partial charge in [-0.1, -0.05) is 24.3 Å². The van der Waals surface area contributed by atoms with E-state index in [-0.39, 0.29) is 0 Å². The number of aromatic nitrogens is 1. The normalized spacial score (nSPS) is 12.5. The van der Waals surface area contributed by atoms with Crippen LogP contribution in [0.15, 0.2) is 57.8 Å². The summed E-state index contributed by atoms with van der Waals surface area (Å²) in [5.74, 6) is 0. The van der Waals surface area contributed by atoms with Gasteiger partial charge in [-0.2, -0.15) is 4.98 Å². The first-order chi connectivity index (χ1) is 10.3. The minimum Gasteiger partial charge on any atom is -0.424 e. The summed E-state index contributed by atoms with van der Waals surface area (Å²) in [6, 6.07) is 15.9. The van der Waals surface area contributed by atoms with Crippen molar-refractivity contribution in [2.24, 2.45) is 0 Å². The fourth-order valence-corrected chi connectivity index (χ4v) is 2.48. The van der Waals surface area contributed by atoms with Crippen LogP contribution in [0, 0.1) is 0 Å². The third-order valence-corrected chi connectivity index (χ3v) is 3.98. The Labute approximate surface area is 127 Å². The van der Waals surface area contributed by atoms with Gasteiger partial charge in [-0.05, 0) is 36.1 Å². The number of nitrogens with zero attached hydrogens (tertiary/aromatic N) is 1. The average molecular weight is 300 g/mol. The van der Waals surface area contributed by atoms with E-state index in [0.29, 0.717) is 12.6 Å². The van der Waals surface area contributed by atoms with E-state index in [9.17, 15) is 5.11 Å². The maximum atomic E-state index is 10.2. The van der Waals surface area contributed by atoms with Gasteiger partial charge in [-0.15, -0.1) is 11.8 Å². The van der Waals surface area contributed by atoms with E-state index in [2.05, 4.69) is 10.3 Å². The van der Waals surface area contributed by atoms with Crippen LogP contribution in [0.5, 0.6) is 0 Å². The van der Waals surface area contributed by atoms with Crippen molar-refractivity contribution in [3.8, 4) is 0 Å². The van der Waals surface area contributed by atoms with Crippen molar-refractivity contribution < 1.29 is 9.52 Å². The summed E-state index contributed by atoms with van der Waals surface area (Å²) in [5, 5.41) is 13.2. The van der Waals surface area contributed by atoms with Gasteiger partial charge in [0.25, 0.3) is 6.01 Å². The molecule has 0 aliphatic rings. The first kappa shape index (κ1) is 14.0. The Kier molecular flexibility index (Phi) is 4.13. The van der Waals surface area contributed by atoms with Crippen molar-refractivity contribution in [1.82, 2.24) is 4.98 Å². The van der Waals surface area contributed by atoms with Crippen LogP contribution in [-0.4, -0.2) is 22.9 Å². The molecule has 1 aromatic heterocycles. The van der Waals surface area contributed by atoms with E-state index < -0.39 is 6.10 Å². The summed E-state index contributed by atoms with van der Waals surface area (Å²) < 4.78 is 5.55. The van der Waals surface area contributed by atoms with Gasteiger partial charge in [0.05, 0.1) is 6.10 Å². The van der Waals surface area contributed by atoms with Crippen molar-refractivity contribution in [3.05, 3.63) is 54.1 Å². The van der Waals surface area contributed by atoms with E-state index in [1.165, 1.54) is 4.90 Å². The average Bonchev–Trinajstić information content (AvgIpc) is 2.95. The summed E-state index contributed by atoms with van der Waals surface area (Å²) in [6.45, 7) is 0.353. The lowest BCUT2D eigenvalue weighted by molar-refractivity contribution is 0.190. The van der Waals surface area contributed by atoms with Crippen LogP contribution in [0.3, 0.4) is 0 Å². The fraction of sp³-hybridized carbons (Fsp3) is 0.188. The highest BCUT2D eigenvalue weighted by Crippen LogP contribution is 2.21. The van der Waals surface area contributed by atoms with Gasteiger partial charge in [0, 0.05) is 11.4 Å². The molecule has 1 unspecified atom stereocenters. The molecule has 3 rings (SSSR count). The molecule has 0 bridgehead atoms. The molecular formula is C16H16N2O2S. The van der Waals surface area contributed by atoms with Gasteiger partial charge in [0.1, 0.15) is 5.52 Å². The number of thioether (sulfide) groups is 1. The molecule has 108 valence electrons. The molecule has 2 aromatic carbocycles. The fourth-order valence-electron chi connectivity index (χ4n) is 2.08. The Morgan fingerprint density at radius 2 is 1.95 bits per heavy atom. The van der Waals surface area contributed by atoms with E-state index in [4.69, 9.17) is 4.42 Å². The molecule has 0 aliphatic heterocycles. The largest absolute Gasteiger partial charge is 0.424 e. The third-order valence-electron chi connectivity index (χ3n) is 3.24. The minimum absolute atomic E-state index is 0.353. The molecule has 0 amide bonds. The SMILES string of the molecule is CSc1ccc(C(O)CNc2nc3ccccc3o2)cc1. The molecule has 3 aromatic rings. The summed E-state index contributed by atoms with van der Waals surface area (Å²) in [4.78, 5) is 5.49. The zero-order valence-corrected chi connectivity index (χ0v) is 12.4. The predicted molar refractivity (Wildman–Crippen MR) is 85.7 cm³/mol. The van der Waals surface area contributed by atoms with Crippen LogP contribution in [0.2, 0.25) is 0 Å². The molecule has 1 atom stereocenters. The number of rotatable bonds is 5. The summed E-state index contributed by atoms with van der Waals surface area (Å²) in [6.07, 6.45) is 1.43. The summed E-state index contributed by atoms with van der Waals surface area (Å²) in [7, 11) is 0. The van der Waals surface area contributed by atoms with Crippen molar-refractivity contribution in [2.45, 2.75) is 11.0 Å². The quantitative estimate of drug-likeness (QED) is 0.704. The molecule has 0 saturated carbocycles. The second-order valence-corrected chi connectivity index (χ2v) is 5.54. The number of anilines is 1. The molecule has 0 aliphatic carbocycles. The molecule has 4 nitrogen and oxygen atoms in total. The lowest BCUT2D eigenvalue weighted by atomic mass is 10.1. The maximum Gasteiger partial charge on any atom is 0.295 e. The van der Waals surface area contributed by atoms with E-state index in [0.717, 1.165) is 16.7 Å². The Morgan fingerprint density at radius 3 is 2.67 bits per heavy atom. The standard InChI is InChI=1S/C16H16N2O2S/c1-21-12-8-6-11(7-9-12)14(19)10-17-16-18-13-4-2-3-5-15(13)20-16/h2-9,14,19H,10H2,1H3,(H,17,18). The van der Waals surface area contributed by atoms with Crippen LogP contribution in [0.4, 0.5) is 6.01 Å². The molecule has 0 saturated heterocycles. The molecule has 1 heterocycles. The van der Waals surface area contributed by atoms with Crippen LogP contribution in [0.25, 0.3) is 11.1 Å². The smallest absolute Gasteiger partial charge is 0.295 e. The lowest BCUT2D eigenvalue weighted by Crippen LogP contribution is -2.12. The van der Waals surface area contributed by atoms with E-state index in [1.807, 2.05) is 54.8 Å². The predicted octanol–water partition coefficient (Wildman–Crippen LogP) is 3.70. The van der Waals surface area contributed by atoms with Crippen molar-refractivity contribution in [1.29, 1.82) is 0 Å². The minimum atomic E-state index is -0.601. The first-order valence-electron chi connectivity index (χ1n) is 6.68. The topological polar surface area (TPSA) is 58.3 Å². The van der Waals surface area contributed by atoms with Crippen LogP contribution < -0.4 is 5.32 Å². The molecule has 5 heteroatoms. The Hall–Kier alpha value is -1.98. The van der Waals surface area contributed by atoms with Crippen molar-refractivity contribution in [3.63, 3.8) is 0 Å². The van der Waals surface area contributed by atoms with Crippen LogP contribution in [0.1, 0.15) is 11.7 Å². The Balaban J connectivity index is 1.65. The lowest BCUT2D eigenvalue weighted by Gasteiger charge is -2.11. The highest BCUT2D eigenvalue weighted by molar-refractivity contribution is 7.98. The zero-order chi connectivity index (χ0) is 14.7. The zero-order valence-electron chi connectivity index (χ0n) is 11.6. The maximum absolute atomic E-state index is 10.2. The van der Waals surface area contributed by atoms with Gasteiger partial charge < -0.3 is 14.8 Å². The van der Waals surface area contributed by atoms with Crippen LogP contribution in [-0.2, 0) is 0 Å². The Bertz CT molecular complexity index is 691. The number of aliphatic hydroxyl groups is 1. The first-order valence-corrected chi connectivity index (χ1v) is 7.90. The van der Waals surface area contributed by atoms with Gasteiger partial charge >= 0.3 is 0 Å². The number of oxazole rings is 1. The monoisotopic (exact) mass is 300 g/mol. The number of benzene rings is 2. The molecular weight excluding hydrogens is 284 g/mol. The number of hydrogen-bond acceptors (Lipinski definition) is 5. The summed E-state index contributed by atoms with van der Waals surface area (Å²) >= 11 is 1.68. The summed E-state index contributed by atoms with van der Waals surface area (Å²) in [5.41, 5.74) is 2.41. The van der Waals surface area contributed by atoms with Crippen LogP contribution >= 0.6 is 11.8 Å². The Morgan fingerprint density at radius 1 is 1.19 bits per heavy atom. The van der Waals surface area contributed by atoms with E-state index in [1.54, 1.807) is 11.8 Å². The number of hydrogen-bond donors (Lipinski definition) is 2. The van der Waals surface area contributed by atoms with Gasteiger partial charge in [0.2, 0.25) is 0 Å². The number of fused-ring (bicyclic) bond motifs is 1. The van der Waals surface area contributed by atoms with E-state index >= 15 is 0 Å². The highest BCUT2D eigenvalue weighted by Gasteiger charge is 2.10. The number of para-hydroxylation sites is 2. The van der Waals surface area contributed by atoms with Crippen molar-refractivity contribution >= 4 is 28.9 Å².